The van der Waals surface area contributed by atoms with E-state index < -0.39 is 0 Å². The molecule has 0 atom stereocenters. The number of halogens is 1. The van der Waals surface area contributed by atoms with Gasteiger partial charge in [-0.2, -0.15) is 0 Å². The highest BCUT2D eigenvalue weighted by Crippen LogP contribution is 2.31. The Morgan fingerprint density at radius 2 is 2.04 bits per heavy atom. The number of hydrogen-bond acceptors (Lipinski definition) is 5. The van der Waals surface area contributed by atoms with Gasteiger partial charge < -0.3 is 15.4 Å². The molecule has 0 aliphatic heterocycles. The van der Waals surface area contributed by atoms with E-state index in [0.29, 0.717) is 28.6 Å². The Hall–Kier alpha value is -3.12. The number of carbonyl (C=O) groups is 1. The van der Waals surface area contributed by atoms with Crippen LogP contribution in [0.5, 0.6) is 5.75 Å². The van der Waals surface area contributed by atoms with Gasteiger partial charge in [0.25, 0.3) is 5.91 Å². The Labute approximate surface area is 162 Å². The van der Waals surface area contributed by atoms with Crippen molar-refractivity contribution in [1.82, 2.24) is 9.97 Å². The third-order valence-corrected chi connectivity index (χ3v) is 4.36. The van der Waals surface area contributed by atoms with Gasteiger partial charge in [-0.1, -0.05) is 17.7 Å². The van der Waals surface area contributed by atoms with E-state index in [1.54, 1.807) is 36.8 Å². The number of hydrogen-bond donors (Lipinski definition) is 2. The molecule has 1 amide bonds. The minimum absolute atomic E-state index is 0.285. The maximum atomic E-state index is 12.6. The molecule has 0 aliphatic carbocycles. The first-order chi connectivity index (χ1) is 13.1. The van der Waals surface area contributed by atoms with E-state index in [0.717, 1.165) is 16.8 Å². The Kier molecular flexibility index (Phi) is 5.88. The summed E-state index contributed by atoms with van der Waals surface area (Å²) < 4.78 is 5.30. The van der Waals surface area contributed by atoms with Gasteiger partial charge in [-0.3, -0.25) is 14.8 Å². The zero-order valence-corrected chi connectivity index (χ0v) is 15.7. The zero-order valence-electron chi connectivity index (χ0n) is 15.0. The van der Waals surface area contributed by atoms with Crippen molar-refractivity contribution in [3.8, 4) is 5.75 Å². The maximum Gasteiger partial charge on any atom is 0.257 e. The van der Waals surface area contributed by atoms with Crippen LogP contribution in [0.25, 0.3) is 0 Å². The van der Waals surface area contributed by atoms with Gasteiger partial charge in [-0.15, -0.1) is 0 Å². The first kappa shape index (κ1) is 18.7. The fourth-order valence-electron chi connectivity index (χ4n) is 2.49. The van der Waals surface area contributed by atoms with Crippen LogP contribution in [-0.2, 0) is 6.54 Å². The van der Waals surface area contributed by atoms with Crippen molar-refractivity contribution in [1.29, 1.82) is 0 Å². The number of pyridine rings is 2. The lowest BCUT2D eigenvalue weighted by Crippen LogP contribution is -2.13. The van der Waals surface area contributed by atoms with Gasteiger partial charge in [-0.05, 0) is 36.2 Å². The van der Waals surface area contributed by atoms with E-state index in [1.807, 2.05) is 19.1 Å². The van der Waals surface area contributed by atoms with E-state index in [-0.39, 0.29) is 5.91 Å². The van der Waals surface area contributed by atoms with Crippen molar-refractivity contribution >= 4 is 28.9 Å². The van der Waals surface area contributed by atoms with E-state index >= 15 is 0 Å². The van der Waals surface area contributed by atoms with Crippen molar-refractivity contribution in [2.45, 2.75) is 13.5 Å². The molecule has 0 saturated heterocycles. The van der Waals surface area contributed by atoms with Crippen molar-refractivity contribution in [2.24, 2.45) is 0 Å². The van der Waals surface area contributed by atoms with Gasteiger partial charge in [0.15, 0.2) is 0 Å². The molecule has 2 heterocycles. The lowest BCUT2D eigenvalue weighted by Gasteiger charge is -2.13. The average Bonchev–Trinajstić information content (AvgIpc) is 2.70. The largest absolute Gasteiger partial charge is 0.495 e. The number of amides is 1. The predicted molar refractivity (Wildman–Crippen MR) is 106 cm³/mol. The standard InChI is InChI=1S/C20H19ClN4O2/c1-13-6-18(19(27-2)8-17(13)21)25-20(26)15-7-16(12-23-11-15)24-10-14-4-3-5-22-9-14/h3-9,11-12,24H,10H2,1-2H3,(H,25,26). The van der Waals surface area contributed by atoms with Crippen LogP contribution < -0.4 is 15.4 Å². The van der Waals surface area contributed by atoms with Crippen LogP contribution in [0, 0.1) is 6.92 Å². The second-order valence-corrected chi connectivity index (χ2v) is 6.34. The Balaban J connectivity index is 1.73. The van der Waals surface area contributed by atoms with Crippen molar-refractivity contribution in [3.05, 3.63) is 76.8 Å². The molecule has 1 aromatic carbocycles. The zero-order chi connectivity index (χ0) is 19.2. The minimum Gasteiger partial charge on any atom is -0.495 e. The van der Waals surface area contributed by atoms with Crippen LogP contribution >= 0.6 is 11.6 Å². The van der Waals surface area contributed by atoms with Crippen LogP contribution in [-0.4, -0.2) is 23.0 Å². The number of anilines is 2. The molecule has 138 valence electrons. The Bertz CT molecular complexity index is 948. The summed E-state index contributed by atoms with van der Waals surface area (Å²) in [6, 6.07) is 9.04. The molecule has 0 fully saturated rings. The first-order valence-corrected chi connectivity index (χ1v) is 8.68. The van der Waals surface area contributed by atoms with E-state index in [2.05, 4.69) is 20.6 Å². The van der Waals surface area contributed by atoms with Crippen LogP contribution in [0.3, 0.4) is 0 Å². The third kappa shape index (κ3) is 4.74. The van der Waals surface area contributed by atoms with E-state index in [4.69, 9.17) is 16.3 Å². The van der Waals surface area contributed by atoms with Crippen LogP contribution in [0.15, 0.2) is 55.1 Å². The summed E-state index contributed by atoms with van der Waals surface area (Å²) in [6.07, 6.45) is 6.69. The molecule has 27 heavy (non-hydrogen) atoms. The number of benzene rings is 1. The minimum atomic E-state index is -0.285. The lowest BCUT2D eigenvalue weighted by atomic mass is 10.2. The number of rotatable bonds is 6. The Morgan fingerprint density at radius 1 is 1.19 bits per heavy atom. The number of methoxy groups -OCH3 is 1. The molecule has 0 bridgehead atoms. The normalized spacial score (nSPS) is 10.3. The summed E-state index contributed by atoms with van der Waals surface area (Å²) in [7, 11) is 1.53. The van der Waals surface area contributed by atoms with Crippen molar-refractivity contribution in [2.75, 3.05) is 17.7 Å². The quantitative estimate of drug-likeness (QED) is 0.664. The summed E-state index contributed by atoms with van der Waals surface area (Å²) in [4.78, 5) is 20.8. The highest BCUT2D eigenvalue weighted by molar-refractivity contribution is 6.31. The molecule has 0 unspecified atom stereocenters. The molecule has 0 spiro atoms. The number of nitrogens with zero attached hydrogens (tertiary/aromatic N) is 2. The van der Waals surface area contributed by atoms with E-state index in [1.165, 1.54) is 13.3 Å². The van der Waals surface area contributed by atoms with Crippen molar-refractivity contribution < 1.29 is 9.53 Å². The smallest absolute Gasteiger partial charge is 0.257 e. The molecule has 2 aromatic heterocycles. The van der Waals surface area contributed by atoms with Crippen LogP contribution in [0.4, 0.5) is 11.4 Å². The SMILES string of the molecule is COc1cc(Cl)c(C)cc1NC(=O)c1cncc(NCc2cccnc2)c1. The number of ether oxygens (including phenoxy) is 1. The maximum absolute atomic E-state index is 12.6. The van der Waals surface area contributed by atoms with Crippen molar-refractivity contribution in [3.63, 3.8) is 0 Å². The summed E-state index contributed by atoms with van der Waals surface area (Å²) in [5.41, 5.74) is 3.61. The van der Waals surface area contributed by atoms with Gasteiger partial charge in [0.2, 0.25) is 0 Å². The Morgan fingerprint density at radius 3 is 2.78 bits per heavy atom. The molecule has 0 radical (unpaired) electrons. The lowest BCUT2D eigenvalue weighted by molar-refractivity contribution is 0.102. The van der Waals surface area contributed by atoms with Crippen LogP contribution in [0.1, 0.15) is 21.5 Å². The van der Waals surface area contributed by atoms with Crippen LogP contribution in [0.2, 0.25) is 5.02 Å². The van der Waals surface area contributed by atoms with E-state index in [9.17, 15) is 4.79 Å². The molecular formula is C20H19ClN4O2. The van der Waals surface area contributed by atoms with Gasteiger partial charge in [-0.25, -0.2) is 0 Å². The number of carbonyl (C=O) groups excluding carboxylic acids is 1. The third-order valence-electron chi connectivity index (χ3n) is 3.95. The summed E-state index contributed by atoms with van der Waals surface area (Å²) in [6.45, 7) is 2.45. The second-order valence-electron chi connectivity index (χ2n) is 5.93. The fourth-order valence-corrected chi connectivity index (χ4v) is 2.65. The topological polar surface area (TPSA) is 76.1 Å². The van der Waals surface area contributed by atoms with Gasteiger partial charge >= 0.3 is 0 Å². The first-order valence-electron chi connectivity index (χ1n) is 8.30. The number of aryl methyl sites for hydroxylation is 1. The monoisotopic (exact) mass is 382 g/mol. The second kappa shape index (κ2) is 8.51. The predicted octanol–water partition coefficient (Wildman–Crippen LogP) is 4.31. The molecule has 6 nitrogen and oxygen atoms in total. The molecule has 0 saturated carbocycles. The summed E-state index contributed by atoms with van der Waals surface area (Å²) >= 11 is 6.11. The fraction of sp³-hybridized carbons (Fsp3) is 0.150. The summed E-state index contributed by atoms with van der Waals surface area (Å²) in [5.74, 6) is 0.213. The summed E-state index contributed by atoms with van der Waals surface area (Å²) in [5, 5.41) is 6.66. The number of aromatic nitrogens is 2. The molecule has 7 heteroatoms. The molecular weight excluding hydrogens is 364 g/mol. The van der Waals surface area contributed by atoms with Gasteiger partial charge in [0.05, 0.1) is 24.0 Å². The molecule has 0 aliphatic rings. The average molecular weight is 383 g/mol. The van der Waals surface area contributed by atoms with Gasteiger partial charge in [0, 0.05) is 42.4 Å². The highest BCUT2D eigenvalue weighted by atomic mass is 35.5. The van der Waals surface area contributed by atoms with Gasteiger partial charge in [0.1, 0.15) is 5.75 Å². The molecule has 2 N–H and O–H groups in total. The molecule has 3 rings (SSSR count). The highest BCUT2D eigenvalue weighted by Gasteiger charge is 2.13. The molecule has 3 aromatic rings. The number of nitrogens with one attached hydrogen (secondary N) is 2.